The molecule has 0 aliphatic rings. The first kappa shape index (κ1) is 59.0. The van der Waals surface area contributed by atoms with E-state index in [2.05, 4.69) is 29.0 Å². The summed E-state index contributed by atoms with van der Waals surface area (Å²) in [6.45, 7) is 1.43. The molecular formula is C44H80O15P2. The van der Waals surface area contributed by atoms with E-state index in [-0.39, 0.29) is 25.7 Å². The van der Waals surface area contributed by atoms with Crippen LogP contribution < -0.4 is 0 Å². The van der Waals surface area contributed by atoms with Crippen molar-refractivity contribution in [1.29, 1.82) is 0 Å². The fourth-order valence-corrected chi connectivity index (χ4v) is 7.05. The summed E-state index contributed by atoms with van der Waals surface area (Å²) >= 11 is 0. The number of carbonyl (C=O) groups excluding carboxylic acids is 2. The Morgan fingerprint density at radius 2 is 1.03 bits per heavy atom. The van der Waals surface area contributed by atoms with Gasteiger partial charge in [0.05, 0.1) is 32.0 Å². The minimum Gasteiger partial charge on any atom is -0.462 e. The molecule has 15 nitrogen and oxygen atoms in total. The number of allylic oxidation sites excluding steroid dienone is 5. The Kier molecular flexibility index (Phi) is 38.3. The molecule has 1 unspecified atom stereocenters. The van der Waals surface area contributed by atoms with Crippen LogP contribution in [0.25, 0.3) is 0 Å². The number of hydrogen-bond acceptors (Lipinski definition) is 12. The van der Waals surface area contributed by atoms with E-state index in [9.17, 15) is 38.9 Å². The summed E-state index contributed by atoms with van der Waals surface area (Å²) in [5.41, 5.74) is 0. The molecule has 6 N–H and O–H groups in total. The molecular weight excluding hydrogens is 830 g/mol. The molecule has 5 atom stereocenters. The predicted molar refractivity (Wildman–Crippen MR) is 237 cm³/mol. The predicted octanol–water partition coefficient (Wildman–Crippen LogP) is 9.39. The summed E-state index contributed by atoms with van der Waals surface area (Å²) in [5.74, 6) is -1.27. The van der Waals surface area contributed by atoms with E-state index in [1.165, 1.54) is 83.5 Å². The lowest BCUT2D eigenvalue weighted by atomic mass is 10.0. The minimum absolute atomic E-state index is 0.128. The monoisotopic (exact) mass is 910 g/mol. The maximum atomic E-state index is 12.7. The first-order valence-corrected chi connectivity index (χ1v) is 25.6. The van der Waals surface area contributed by atoms with Crippen molar-refractivity contribution in [3.63, 3.8) is 0 Å². The third-order valence-electron chi connectivity index (χ3n) is 9.40. The molecule has 0 aromatic rings. The van der Waals surface area contributed by atoms with Gasteiger partial charge in [-0.1, -0.05) is 165 Å². The van der Waals surface area contributed by atoms with Crippen LogP contribution in [0.2, 0.25) is 0 Å². The highest BCUT2D eigenvalue weighted by Gasteiger charge is 2.28. The topological polar surface area (TPSA) is 236 Å². The van der Waals surface area contributed by atoms with Gasteiger partial charge in [0.15, 0.2) is 6.10 Å². The van der Waals surface area contributed by atoms with Gasteiger partial charge in [-0.15, -0.1) is 0 Å². The van der Waals surface area contributed by atoms with Crippen LogP contribution in [0.1, 0.15) is 168 Å². The van der Waals surface area contributed by atoms with Crippen molar-refractivity contribution in [3.05, 3.63) is 48.6 Å². The largest absolute Gasteiger partial charge is 0.472 e. The third kappa shape index (κ3) is 43.1. The molecule has 17 heteroatoms. The molecule has 0 spiro atoms. The average Bonchev–Trinajstić information content (AvgIpc) is 3.21. The highest BCUT2D eigenvalue weighted by molar-refractivity contribution is 7.47. The summed E-state index contributed by atoms with van der Waals surface area (Å²) in [5, 5.41) is 30.1. The maximum Gasteiger partial charge on any atom is 0.472 e. The summed E-state index contributed by atoms with van der Waals surface area (Å²) < 4.78 is 47.6. The minimum atomic E-state index is -4.89. The number of phosphoric ester groups is 2. The van der Waals surface area contributed by atoms with E-state index in [1.807, 2.05) is 6.08 Å². The van der Waals surface area contributed by atoms with Gasteiger partial charge in [0, 0.05) is 12.8 Å². The second kappa shape index (κ2) is 39.6. The Hall–Kier alpha value is -2.00. The van der Waals surface area contributed by atoms with Crippen LogP contribution in [0.15, 0.2) is 48.6 Å². The quantitative estimate of drug-likeness (QED) is 0.0110. The number of rotatable bonds is 42. The van der Waals surface area contributed by atoms with Crippen molar-refractivity contribution >= 4 is 27.6 Å². The Labute approximate surface area is 365 Å². The lowest BCUT2D eigenvalue weighted by Crippen LogP contribution is -2.30. The van der Waals surface area contributed by atoms with Crippen molar-refractivity contribution in [1.82, 2.24) is 0 Å². The molecule has 0 saturated heterocycles. The molecule has 61 heavy (non-hydrogen) atoms. The molecule has 0 aromatic heterocycles. The first-order valence-electron chi connectivity index (χ1n) is 22.5. The Morgan fingerprint density at radius 3 is 1.61 bits per heavy atom. The highest BCUT2D eigenvalue weighted by Crippen LogP contribution is 2.43. The molecule has 0 radical (unpaired) electrons. The summed E-state index contributed by atoms with van der Waals surface area (Å²) in [6.07, 6.45) is 33.0. The van der Waals surface area contributed by atoms with Crippen molar-refractivity contribution in [2.75, 3.05) is 26.4 Å². The molecule has 356 valence electrons. The number of phosphoric acid groups is 2. The summed E-state index contributed by atoms with van der Waals surface area (Å²) in [7, 11) is -9.77. The summed E-state index contributed by atoms with van der Waals surface area (Å²) in [4.78, 5) is 52.7. The van der Waals surface area contributed by atoms with Crippen molar-refractivity contribution in [2.24, 2.45) is 0 Å². The second-order valence-electron chi connectivity index (χ2n) is 15.4. The van der Waals surface area contributed by atoms with Gasteiger partial charge < -0.3 is 39.5 Å². The fourth-order valence-electron chi connectivity index (χ4n) is 5.89. The van der Waals surface area contributed by atoms with E-state index in [1.54, 1.807) is 36.5 Å². The summed E-state index contributed by atoms with van der Waals surface area (Å²) in [6, 6.07) is 0. The van der Waals surface area contributed by atoms with E-state index in [4.69, 9.17) is 23.8 Å². The first-order chi connectivity index (χ1) is 29.2. The fraction of sp³-hybridized carbons (Fsp3) is 0.773. The normalized spacial score (nSPS) is 15.5. The standard InChI is InChI=1S/C44H80O15P2/c1-3-5-7-9-11-12-13-14-15-16-17-18-19-21-27-33-43(48)55-37-42(38-58-61(53,54)57-36-41(47)35-56-60(50,51)52)59-44(49)34-28-32-40(46)31-26-23-22-25-30-39(45)29-24-20-10-8-6-4-2/h20,22-26,30-31,39-42,45-47H,3-19,21,27-29,32-38H2,1-2H3,(H,53,54)(H2,50,51,52)/b23-22+,24-20-,30-25+,31-26-/t39-,40-,41-,42+/m0/s1. The van der Waals surface area contributed by atoms with Gasteiger partial charge in [-0.3, -0.25) is 23.2 Å². The smallest absolute Gasteiger partial charge is 0.462 e. The van der Waals surface area contributed by atoms with Gasteiger partial charge in [0.1, 0.15) is 12.7 Å². The molecule has 0 saturated carbocycles. The zero-order valence-electron chi connectivity index (χ0n) is 37.0. The molecule has 0 aliphatic heterocycles. The van der Waals surface area contributed by atoms with Crippen LogP contribution in [0.3, 0.4) is 0 Å². The van der Waals surface area contributed by atoms with E-state index >= 15 is 0 Å². The number of unbranched alkanes of at least 4 members (excludes halogenated alkanes) is 17. The van der Waals surface area contributed by atoms with Crippen molar-refractivity contribution in [2.45, 2.75) is 192 Å². The zero-order chi connectivity index (χ0) is 45.5. The van der Waals surface area contributed by atoms with Gasteiger partial charge in [0.2, 0.25) is 0 Å². The second-order valence-corrected chi connectivity index (χ2v) is 18.1. The molecule has 0 rings (SSSR count). The number of carbonyl (C=O) groups is 2. The van der Waals surface area contributed by atoms with Crippen LogP contribution in [0.5, 0.6) is 0 Å². The number of esters is 2. The third-order valence-corrected chi connectivity index (χ3v) is 10.8. The Balaban J connectivity index is 4.75. The van der Waals surface area contributed by atoms with Crippen LogP contribution in [-0.2, 0) is 41.8 Å². The lowest BCUT2D eigenvalue weighted by molar-refractivity contribution is -0.161. The van der Waals surface area contributed by atoms with Crippen LogP contribution >= 0.6 is 15.6 Å². The zero-order valence-corrected chi connectivity index (χ0v) is 38.8. The van der Waals surface area contributed by atoms with Crippen molar-refractivity contribution < 1.29 is 71.8 Å². The van der Waals surface area contributed by atoms with Gasteiger partial charge in [-0.25, -0.2) is 9.13 Å². The Morgan fingerprint density at radius 1 is 0.541 bits per heavy atom. The van der Waals surface area contributed by atoms with Crippen LogP contribution in [0, 0.1) is 0 Å². The van der Waals surface area contributed by atoms with Crippen LogP contribution in [-0.4, -0.2) is 92.8 Å². The molecule has 0 aliphatic carbocycles. The van der Waals surface area contributed by atoms with Gasteiger partial charge in [0.25, 0.3) is 0 Å². The lowest BCUT2D eigenvalue weighted by Gasteiger charge is -2.20. The highest BCUT2D eigenvalue weighted by atomic mass is 31.2. The van der Waals surface area contributed by atoms with E-state index in [0.717, 1.165) is 32.1 Å². The molecule has 0 bridgehead atoms. The molecule has 0 heterocycles. The molecule has 0 amide bonds. The average molecular weight is 911 g/mol. The number of aliphatic hydroxyl groups excluding tert-OH is 3. The maximum absolute atomic E-state index is 12.7. The van der Waals surface area contributed by atoms with E-state index < -0.39 is 78.4 Å². The number of aliphatic hydroxyl groups is 3. The van der Waals surface area contributed by atoms with Gasteiger partial charge >= 0.3 is 27.6 Å². The SMILES string of the molecule is CCCCC/C=C\C[C@H](O)/C=C/C=C/C=C\[C@H](O)CCCC(=O)O[C@H](COC(=O)CCCCCCCCCCCCCCCCC)COP(=O)(O)OC[C@@H](O)COP(=O)(O)O. The van der Waals surface area contributed by atoms with Gasteiger partial charge in [-0.05, 0) is 38.5 Å². The molecule has 0 fully saturated rings. The van der Waals surface area contributed by atoms with Gasteiger partial charge in [-0.2, -0.15) is 0 Å². The molecule has 0 aromatic carbocycles. The van der Waals surface area contributed by atoms with E-state index in [0.29, 0.717) is 12.8 Å². The number of hydrogen-bond donors (Lipinski definition) is 6. The van der Waals surface area contributed by atoms with Crippen LogP contribution in [0.4, 0.5) is 0 Å². The number of ether oxygens (including phenoxy) is 2. The van der Waals surface area contributed by atoms with Crippen molar-refractivity contribution in [3.8, 4) is 0 Å². The Bertz CT molecular complexity index is 1300.